The van der Waals surface area contributed by atoms with Crippen LogP contribution in [0.4, 0.5) is 5.69 Å². The van der Waals surface area contributed by atoms with Crippen LogP contribution in [0.15, 0.2) is 52.3 Å². The molecule has 0 atom stereocenters. The fraction of sp³-hybridized carbons (Fsp3) is 0.294. The molecule has 0 saturated carbocycles. The Bertz CT molecular complexity index is 979. The van der Waals surface area contributed by atoms with Gasteiger partial charge >= 0.3 is 0 Å². The predicted molar refractivity (Wildman–Crippen MR) is 93.4 cm³/mol. The van der Waals surface area contributed by atoms with Gasteiger partial charge in [0.2, 0.25) is 0 Å². The summed E-state index contributed by atoms with van der Waals surface area (Å²) in [6.45, 7) is 0. The fourth-order valence-corrected chi connectivity index (χ4v) is 4.83. The second kappa shape index (κ2) is 6.22. The largest absolute Gasteiger partial charge is 0.279 e. The van der Waals surface area contributed by atoms with Gasteiger partial charge in [-0.05, 0) is 61.1 Å². The van der Waals surface area contributed by atoms with E-state index in [0.717, 1.165) is 37.5 Å². The number of sulfone groups is 1. The van der Waals surface area contributed by atoms with Gasteiger partial charge in [-0.2, -0.15) is 0 Å². The SMILES string of the molecule is CS(=O)(=O)c1cccc(S(=O)(=O)Nc2cccc3c2CCCC3)c1. The van der Waals surface area contributed by atoms with Gasteiger partial charge < -0.3 is 0 Å². The van der Waals surface area contributed by atoms with Gasteiger partial charge in [-0.3, -0.25) is 4.72 Å². The van der Waals surface area contributed by atoms with Crippen molar-refractivity contribution in [2.24, 2.45) is 0 Å². The molecule has 0 radical (unpaired) electrons. The number of hydrogen-bond donors (Lipinski definition) is 1. The topological polar surface area (TPSA) is 80.3 Å². The van der Waals surface area contributed by atoms with Gasteiger partial charge in [-0.15, -0.1) is 0 Å². The summed E-state index contributed by atoms with van der Waals surface area (Å²) < 4.78 is 51.2. The standard InChI is InChI=1S/C17H19NO4S2/c1-23(19,20)14-8-5-9-15(12-14)24(21,22)18-17-11-4-7-13-6-2-3-10-16(13)17/h4-5,7-9,11-12,18H,2-3,6,10H2,1H3. The van der Waals surface area contributed by atoms with Crippen LogP contribution in [0, 0.1) is 0 Å². The Morgan fingerprint density at radius 1 is 0.875 bits per heavy atom. The Hall–Kier alpha value is -1.86. The second-order valence-corrected chi connectivity index (χ2v) is 9.70. The first kappa shape index (κ1) is 17.0. The molecule has 1 aliphatic carbocycles. The van der Waals surface area contributed by atoms with Crippen molar-refractivity contribution < 1.29 is 16.8 Å². The maximum absolute atomic E-state index is 12.7. The summed E-state index contributed by atoms with van der Waals surface area (Å²) in [5.74, 6) is 0. The minimum absolute atomic E-state index is 0.0135. The molecular weight excluding hydrogens is 346 g/mol. The fourth-order valence-electron chi connectivity index (χ4n) is 2.95. The van der Waals surface area contributed by atoms with Gasteiger partial charge in [0.25, 0.3) is 10.0 Å². The van der Waals surface area contributed by atoms with Crippen LogP contribution in [0.3, 0.4) is 0 Å². The Balaban J connectivity index is 1.99. The van der Waals surface area contributed by atoms with Crippen LogP contribution in [-0.2, 0) is 32.7 Å². The van der Waals surface area contributed by atoms with Crippen LogP contribution in [0.25, 0.3) is 0 Å². The maximum atomic E-state index is 12.7. The molecule has 0 aromatic heterocycles. The lowest BCUT2D eigenvalue weighted by Gasteiger charge is -2.20. The molecule has 7 heteroatoms. The van der Waals surface area contributed by atoms with Crippen molar-refractivity contribution in [1.82, 2.24) is 0 Å². The Labute approximate surface area is 142 Å². The number of nitrogens with one attached hydrogen (secondary N) is 1. The molecule has 2 aromatic rings. The second-order valence-electron chi connectivity index (χ2n) is 6.00. The lowest BCUT2D eigenvalue weighted by molar-refractivity contribution is 0.599. The van der Waals surface area contributed by atoms with E-state index in [0.29, 0.717) is 5.69 Å². The highest BCUT2D eigenvalue weighted by Gasteiger charge is 2.20. The zero-order valence-corrected chi connectivity index (χ0v) is 15.0. The average Bonchev–Trinajstić information content (AvgIpc) is 2.54. The van der Waals surface area contributed by atoms with Crippen molar-refractivity contribution in [2.75, 3.05) is 11.0 Å². The molecule has 0 heterocycles. The molecular formula is C17H19NO4S2. The zero-order valence-electron chi connectivity index (χ0n) is 13.3. The maximum Gasteiger partial charge on any atom is 0.261 e. The summed E-state index contributed by atoms with van der Waals surface area (Å²) in [6.07, 6.45) is 5.00. The Kier molecular flexibility index (Phi) is 4.40. The van der Waals surface area contributed by atoms with Crippen molar-refractivity contribution in [3.05, 3.63) is 53.6 Å². The van der Waals surface area contributed by atoms with Gasteiger partial charge in [0.1, 0.15) is 0 Å². The Morgan fingerprint density at radius 3 is 2.29 bits per heavy atom. The normalized spacial score (nSPS) is 14.9. The summed E-state index contributed by atoms with van der Waals surface area (Å²) in [7, 11) is -7.31. The van der Waals surface area contributed by atoms with Gasteiger partial charge in [0, 0.05) is 6.26 Å². The Morgan fingerprint density at radius 2 is 1.54 bits per heavy atom. The molecule has 0 bridgehead atoms. The molecule has 0 amide bonds. The highest BCUT2D eigenvalue weighted by Crippen LogP contribution is 2.29. The molecule has 1 N–H and O–H groups in total. The van der Waals surface area contributed by atoms with Crippen LogP contribution in [0.2, 0.25) is 0 Å². The number of sulfonamides is 1. The van der Waals surface area contributed by atoms with E-state index in [4.69, 9.17) is 0 Å². The van der Waals surface area contributed by atoms with E-state index in [1.165, 1.54) is 29.8 Å². The lowest BCUT2D eigenvalue weighted by atomic mass is 9.91. The first-order valence-electron chi connectivity index (χ1n) is 7.71. The van der Waals surface area contributed by atoms with E-state index >= 15 is 0 Å². The van der Waals surface area contributed by atoms with Crippen molar-refractivity contribution in [3.8, 4) is 0 Å². The third-order valence-electron chi connectivity index (χ3n) is 4.18. The number of rotatable bonds is 4. The van der Waals surface area contributed by atoms with Crippen LogP contribution in [-0.4, -0.2) is 23.1 Å². The van der Waals surface area contributed by atoms with Crippen LogP contribution < -0.4 is 4.72 Å². The van der Waals surface area contributed by atoms with Crippen molar-refractivity contribution in [2.45, 2.75) is 35.5 Å². The molecule has 1 aliphatic rings. The van der Waals surface area contributed by atoms with Gasteiger partial charge in [-0.25, -0.2) is 16.8 Å². The monoisotopic (exact) mass is 365 g/mol. The number of anilines is 1. The highest BCUT2D eigenvalue weighted by molar-refractivity contribution is 7.93. The zero-order chi connectivity index (χ0) is 17.4. The van der Waals surface area contributed by atoms with E-state index in [9.17, 15) is 16.8 Å². The van der Waals surface area contributed by atoms with Gasteiger partial charge in [0.15, 0.2) is 9.84 Å². The van der Waals surface area contributed by atoms with Crippen LogP contribution >= 0.6 is 0 Å². The van der Waals surface area contributed by atoms with E-state index in [-0.39, 0.29) is 9.79 Å². The minimum Gasteiger partial charge on any atom is -0.279 e. The third-order valence-corrected chi connectivity index (χ3v) is 6.66. The predicted octanol–water partition coefficient (Wildman–Crippen LogP) is 2.77. The first-order valence-corrected chi connectivity index (χ1v) is 11.1. The van der Waals surface area contributed by atoms with Crippen LogP contribution in [0.5, 0.6) is 0 Å². The van der Waals surface area contributed by atoms with E-state index in [1.807, 2.05) is 12.1 Å². The molecule has 0 unspecified atom stereocenters. The minimum atomic E-state index is -3.84. The number of aryl methyl sites for hydroxylation is 1. The van der Waals surface area contributed by atoms with E-state index in [1.54, 1.807) is 6.07 Å². The molecule has 2 aromatic carbocycles. The third kappa shape index (κ3) is 3.47. The molecule has 0 aliphatic heterocycles. The highest BCUT2D eigenvalue weighted by atomic mass is 32.2. The van der Waals surface area contributed by atoms with Crippen molar-refractivity contribution in [3.63, 3.8) is 0 Å². The first-order chi connectivity index (χ1) is 11.3. The van der Waals surface area contributed by atoms with E-state index < -0.39 is 19.9 Å². The molecule has 5 nitrogen and oxygen atoms in total. The summed E-state index contributed by atoms with van der Waals surface area (Å²) in [6, 6.07) is 11.0. The van der Waals surface area contributed by atoms with Crippen molar-refractivity contribution >= 4 is 25.5 Å². The average molecular weight is 365 g/mol. The number of hydrogen-bond acceptors (Lipinski definition) is 4. The molecule has 0 spiro atoms. The van der Waals surface area contributed by atoms with Crippen LogP contribution in [0.1, 0.15) is 24.0 Å². The smallest absolute Gasteiger partial charge is 0.261 e. The molecule has 128 valence electrons. The van der Waals surface area contributed by atoms with E-state index in [2.05, 4.69) is 4.72 Å². The summed E-state index contributed by atoms with van der Waals surface area (Å²) >= 11 is 0. The molecule has 24 heavy (non-hydrogen) atoms. The molecule has 3 rings (SSSR count). The van der Waals surface area contributed by atoms with Gasteiger partial charge in [0.05, 0.1) is 15.5 Å². The quantitative estimate of drug-likeness (QED) is 0.903. The summed E-state index contributed by atoms with van der Waals surface area (Å²) in [5.41, 5.74) is 2.79. The summed E-state index contributed by atoms with van der Waals surface area (Å²) in [5, 5.41) is 0. The number of benzene rings is 2. The summed E-state index contributed by atoms with van der Waals surface area (Å²) in [4.78, 5) is -0.0701. The van der Waals surface area contributed by atoms with Gasteiger partial charge in [-0.1, -0.05) is 18.2 Å². The lowest BCUT2D eigenvalue weighted by Crippen LogP contribution is -2.16. The molecule has 0 fully saturated rings. The molecule has 0 saturated heterocycles. The van der Waals surface area contributed by atoms with Crippen molar-refractivity contribution in [1.29, 1.82) is 0 Å². The number of fused-ring (bicyclic) bond motifs is 1.